The van der Waals surface area contributed by atoms with Crippen LogP contribution in [0.2, 0.25) is 0 Å². The van der Waals surface area contributed by atoms with Crippen LogP contribution in [0.15, 0.2) is 36.4 Å². The Hall–Kier alpha value is -2.22. The molecule has 8 heteroatoms. The molecule has 0 unspecified atom stereocenters. The van der Waals surface area contributed by atoms with E-state index in [1.165, 1.54) is 24.3 Å². The molecule has 0 saturated carbocycles. The van der Waals surface area contributed by atoms with Gasteiger partial charge in [0, 0.05) is 5.56 Å². The Balaban J connectivity index is 2.02. The third-order valence-corrected chi connectivity index (χ3v) is 4.92. The maximum Gasteiger partial charge on any atom is 0.573 e. The Bertz CT molecular complexity index is 875. The molecule has 3 rings (SSSR count). The number of halogens is 3. The van der Waals surface area contributed by atoms with Crippen molar-refractivity contribution in [1.82, 2.24) is 0 Å². The van der Waals surface area contributed by atoms with E-state index in [4.69, 9.17) is 0 Å². The van der Waals surface area contributed by atoms with Gasteiger partial charge in [0.2, 0.25) is 10.0 Å². The Kier molecular flexibility index (Phi) is 3.95. The number of nitrogens with one attached hydrogen (secondary N) is 1. The van der Waals surface area contributed by atoms with Gasteiger partial charge in [-0.2, -0.15) is 0 Å². The van der Waals surface area contributed by atoms with Gasteiger partial charge in [0.25, 0.3) is 0 Å². The summed E-state index contributed by atoms with van der Waals surface area (Å²) in [6.07, 6.45) is -4.35. The van der Waals surface area contributed by atoms with Crippen molar-refractivity contribution < 1.29 is 26.3 Å². The van der Waals surface area contributed by atoms with Crippen molar-refractivity contribution in [3.63, 3.8) is 0 Å². The number of aryl methyl sites for hydroxylation is 2. The summed E-state index contributed by atoms with van der Waals surface area (Å²) in [5.74, 6) is -0.310. The lowest BCUT2D eigenvalue weighted by molar-refractivity contribution is -0.274. The van der Waals surface area contributed by atoms with E-state index in [1.54, 1.807) is 6.07 Å². The van der Waals surface area contributed by atoms with Crippen LogP contribution in [-0.4, -0.2) is 20.5 Å². The van der Waals surface area contributed by atoms with Crippen molar-refractivity contribution in [3.05, 3.63) is 47.5 Å². The highest BCUT2D eigenvalue weighted by Gasteiger charge is 2.31. The van der Waals surface area contributed by atoms with E-state index >= 15 is 0 Å². The topological polar surface area (TPSA) is 55.4 Å². The zero-order chi connectivity index (χ0) is 17.5. The van der Waals surface area contributed by atoms with Crippen molar-refractivity contribution in [2.45, 2.75) is 19.7 Å². The van der Waals surface area contributed by atoms with E-state index < -0.39 is 16.4 Å². The van der Waals surface area contributed by atoms with Crippen LogP contribution < -0.4 is 9.46 Å². The van der Waals surface area contributed by atoms with E-state index in [0.717, 1.165) is 11.1 Å². The van der Waals surface area contributed by atoms with Gasteiger partial charge in [0.1, 0.15) is 5.75 Å². The number of hydrogen-bond acceptors (Lipinski definition) is 3. The first-order valence-corrected chi connectivity index (χ1v) is 8.78. The van der Waals surface area contributed by atoms with Gasteiger partial charge < -0.3 is 4.74 Å². The zero-order valence-corrected chi connectivity index (χ0v) is 13.5. The fourth-order valence-corrected chi connectivity index (χ4v) is 3.84. The van der Waals surface area contributed by atoms with Crippen molar-refractivity contribution in [1.29, 1.82) is 0 Å². The van der Waals surface area contributed by atoms with Crippen LogP contribution in [-0.2, 0) is 16.4 Å². The second-order valence-corrected chi connectivity index (χ2v) is 7.43. The third kappa shape index (κ3) is 3.64. The highest BCUT2D eigenvalue weighted by atomic mass is 32.2. The van der Waals surface area contributed by atoms with Crippen LogP contribution in [0.4, 0.5) is 18.9 Å². The van der Waals surface area contributed by atoms with Gasteiger partial charge in [-0.1, -0.05) is 23.8 Å². The third-order valence-electron chi connectivity index (χ3n) is 3.66. The normalized spacial score (nSPS) is 16.2. The molecule has 1 aliphatic rings. The molecule has 0 fully saturated rings. The molecule has 0 aliphatic carbocycles. The Morgan fingerprint density at radius 3 is 2.42 bits per heavy atom. The van der Waals surface area contributed by atoms with Gasteiger partial charge in [0.05, 0.1) is 11.4 Å². The highest BCUT2D eigenvalue weighted by Crippen LogP contribution is 2.37. The minimum Gasteiger partial charge on any atom is -0.406 e. The molecule has 1 heterocycles. The molecule has 128 valence electrons. The quantitative estimate of drug-likeness (QED) is 0.888. The molecule has 0 bridgehead atoms. The number of hydrogen-bond donors (Lipinski definition) is 1. The number of ether oxygens (including phenoxy) is 1. The van der Waals surface area contributed by atoms with E-state index in [2.05, 4.69) is 9.46 Å². The van der Waals surface area contributed by atoms with Crippen molar-refractivity contribution in [3.8, 4) is 16.9 Å². The van der Waals surface area contributed by atoms with Gasteiger partial charge in [-0.15, -0.1) is 13.2 Å². The van der Waals surface area contributed by atoms with Crippen LogP contribution >= 0.6 is 0 Å². The summed E-state index contributed by atoms with van der Waals surface area (Å²) < 4.78 is 66.8. The molecule has 0 saturated heterocycles. The summed E-state index contributed by atoms with van der Waals surface area (Å²) >= 11 is 0. The van der Waals surface area contributed by atoms with Gasteiger partial charge in [-0.05, 0) is 42.7 Å². The fraction of sp³-hybridized carbons (Fsp3) is 0.250. The van der Waals surface area contributed by atoms with Gasteiger partial charge in [-0.3, -0.25) is 4.72 Å². The van der Waals surface area contributed by atoms with E-state index in [0.29, 0.717) is 23.2 Å². The average Bonchev–Trinajstić information content (AvgIpc) is 2.46. The fourth-order valence-electron chi connectivity index (χ4n) is 2.69. The maximum atomic E-state index is 12.2. The number of sulfonamides is 1. The molecule has 0 spiro atoms. The molecule has 2 aromatic carbocycles. The van der Waals surface area contributed by atoms with Crippen molar-refractivity contribution in [2.24, 2.45) is 0 Å². The second kappa shape index (κ2) is 5.70. The Morgan fingerprint density at radius 2 is 1.79 bits per heavy atom. The largest absolute Gasteiger partial charge is 0.573 e. The number of fused-ring (bicyclic) bond motifs is 1. The lowest BCUT2D eigenvalue weighted by atomic mass is 9.96. The SMILES string of the molecule is Cc1cc2c(c(-c3ccc(OC(F)(F)F)cc3)c1)NS(=O)(=O)CC2. The summed E-state index contributed by atoms with van der Waals surface area (Å²) in [6, 6.07) is 9.05. The van der Waals surface area contributed by atoms with E-state index in [9.17, 15) is 21.6 Å². The second-order valence-electron chi connectivity index (χ2n) is 5.59. The number of alkyl halides is 3. The lowest BCUT2D eigenvalue weighted by Gasteiger charge is -2.22. The predicted octanol–water partition coefficient (Wildman–Crippen LogP) is 3.86. The minimum absolute atomic E-state index is 0.0151. The average molecular weight is 357 g/mol. The molecular formula is C16H14F3NO3S. The van der Waals surface area contributed by atoms with Crippen LogP contribution in [0.5, 0.6) is 5.75 Å². The number of rotatable bonds is 2. The molecule has 0 amide bonds. The van der Waals surface area contributed by atoms with Crippen LogP contribution in [0, 0.1) is 6.92 Å². The molecular weight excluding hydrogens is 343 g/mol. The predicted molar refractivity (Wildman–Crippen MR) is 84.4 cm³/mol. The number of benzene rings is 2. The van der Waals surface area contributed by atoms with E-state index in [-0.39, 0.29) is 11.5 Å². The van der Waals surface area contributed by atoms with Gasteiger partial charge in [0.15, 0.2) is 0 Å². The molecule has 2 aromatic rings. The summed E-state index contributed by atoms with van der Waals surface area (Å²) in [6.45, 7) is 1.88. The van der Waals surface area contributed by atoms with Crippen LogP contribution in [0.25, 0.3) is 11.1 Å². The number of anilines is 1. The highest BCUT2D eigenvalue weighted by molar-refractivity contribution is 7.92. The van der Waals surface area contributed by atoms with Gasteiger partial charge in [-0.25, -0.2) is 8.42 Å². The van der Waals surface area contributed by atoms with Crippen LogP contribution in [0.3, 0.4) is 0 Å². The van der Waals surface area contributed by atoms with Crippen molar-refractivity contribution >= 4 is 15.7 Å². The monoisotopic (exact) mass is 357 g/mol. The lowest BCUT2D eigenvalue weighted by Crippen LogP contribution is -2.24. The van der Waals surface area contributed by atoms with Crippen molar-refractivity contribution in [2.75, 3.05) is 10.5 Å². The molecule has 24 heavy (non-hydrogen) atoms. The summed E-state index contributed by atoms with van der Waals surface area (Å²) in [5.41, 5.74) is 3.54. The summed E-state index contributed by atoms with van der Waals surface area (Å²) in [7, 11) is -3.40. The standard InChI is InChI=1S/C16H14F3NO3S/c1-10-8-12-6-7-24(21,22)20-15(12)14(9-10)11-2-4-13(5-3-11)23-16(17,18)19/h2-5,8-9,20H,6-7H2,1H3. The maximum absolute atomic E-state index is 12.2. The molecule has 0 radical (unpaired) electrons. The molecule has 1 N–H and O–H groups in total. The molecule has 0 aromatic heterocycles. The minimum atomic E-state index is -4.75. The molecule has 4 nitrogen and oxygen atoms in total. The molecule has 0 atom stereocenters. The first-order chi connectivity index (χ1) is 11.1. The zero-order valence-electron chi connectivity index (χ0n) is 12.6. The first kappa shape index (κ1) is 16.6. The Labute approximate surface area is 137 Å². The van der Waals surface area contributed by atoms with Gasteiger partial charge >= 0.3 is 6.36 Å². The first-order valence-electron chi connectivity index (χ1n) is 7.13. The van der Waals surface area contributed by atoms with E-state index in [1.807, 2.05) is 13.0 Å². The Morgan fingerprint density at radius 1 is 1.12 bits per heavy atom. The smallest absolute Gasteiger partial charge is 0.406 e. The van der Waals surface area contributed by atoms with Crippen LogP contribution in [0.1, 0.15) is 11.1 Å². The summed E-state index contributed by atoms with van der Waals surface area (Å²) in [5, 5.41) is 0. The molecule has 1 aliphatic heterocycles. The summed E-state index contributed by atoms with van der Waals surface area (Å²) in [4.78, 5) is 0.